The lowest BCUT2D eigenvalue weighted by molar-refractivity contribution is -0.138. The number of carbonyl (C=O) groups is 2. The van der Waals surface area contributed by atoms with Crippen molar-refractivity contribution in [2.75, 3.05) is 19.0 Å². The Bertz CT molecular complexity index is 531. The summed E-state index contributed by atoms with van der Waals surface area (Å²) >= 11 is 1.45. The topological polar surface area (TPSA) is 63.6 Å². The molecule has 0 radical (unpaired) electrons. The lowest BCUT2D eigenvalue weighted by atomic mass is 9.90. The second-order valence-corrected chi connectivity index (χ2v) is 5.98. The highest BCUT2D eigenvalue weighted by Gasteiger charge is 2.29. The molecule has 0 aromatic heterocycles. The molecule has 0 aromatic carbocycles. The summed E-state index contributed by atoms with van der Waals surface area (Å²) in [5, 5.41) is 9.22. The normalized spacial score (nSPS) is 29.2. The third kappa shape index (κ3) is 5.61. The quantitative estimate of drug-likeness (QED) is 0.746. The van der Waals surface area contributed by atoms with Crippen LogP contribution < -0.4 is 0 Å². The van der Waals surface area contributed by atoms with Crippen LogP contribution in [-0.4, -0.2) is 41.7 Å². The van der Waals surface area contributed by atoms with E-state index < -0.39 is 17.7 Å². The Morgan fingerprint density at radius 2 is 2.09 bits per heavy atom. The molecule has 1 aliphatic carbocycles. The van der Waals surface area contributed by atoms with E-state index in [4.69, 9.17) is 4.74 Å². The maximum absolute atomic E-state index is 12.3. The van der Waals surface area contributed by atoms with Gasteiger partial charge in [0.25, 0.3) is 0 Å². The molecule has 1 aliphatic heterocycles. The zero-order valence-corrected chi connectivity index (χ0v) is 14.5. The molecule has 2 aliphatic rings. The smallest absolute Gasteiger partial charge is 0.228 e. The predicted octanol–water partition coefficient (Wildman–Crippen LogP) is 2.85. The molecule has 2 atom stereocenters. The van der Waals surface area contributed by atoms with Crippen LogP contribution in [0, 0.1) is 5.92 Å². The first kappa shape index (κ1) is 19.6. The van der Waals surface area contributed by atoms with Crippen LogP contribution in [0.15, 0.2) is 47.4 Å². The monoisotopic (exact) mass is 336 g/mol. The minimum Gasteiger partial charge on any atom is -0.394 e. The summed E-state index contributed by atoms with van der Waals surface area (Å²) in [7, 11) is 0. The summed E-state index contributed by atoms with van der Waals surface area (Å²) in [5.41, 5.74) is 0.462. The van der Waals surface area contributed by atoms with Crippen LogP contribution in [0.2, 0.25) is 0 Å². The van der Waals surface area contributed by atoms with Gasteiger partial charge in [0, 0.05) is 17.2 Å². The van der Waals surface area contributed by atoms with Crippen molar-refractivity contribution in [1.82, 2.24) is 0 Å². The molecule has 0 bridgehead atoms. The molecule has 2 rings (SSSR count). The highest BCUT2D eigenvalue weighted by atomic mass is 32.2. The Balaban J connectivity index is 0.00000127. The zero-order valence-electron chi connectivity index (χ0n) is 13.7. The second-order valence-electron chi connectivity index (χ2n) is 4.83. The predicted molar refractivity (Wildman–Crippen MR) is 94.3 cm³/mol. The molecule has 2 unspecified atom stereocenters. The summed E-state index contributed by atoms with van der Waals surface area (Å²) < 4.78 is 5.29. The molecule has 4 nitrogen and oxygen atoms in total. The van der Waals surface area contributed by atoms with Gasteiger partial charge in [0.1, 0.15) is 6.61 Å². The van der Waals surface area contributed by atoms with E-state index in [9.17, 15) is 14.7 Å². The first-order valence-electron chi connectivity index (χ1n) is 7.78. The van der Waals surface area contributed by atoms with Crippen molar-refractivity contribution in [3.63, 3.8) is 0 Å². The summed E-state index contributed by atoms with van der Waals surface area (Å²) in [6.07, 6.45) is 9.49. The Hall–Kier alpha value is -1.43. The molecule has 1 saturated heterocycles. The van der Waals surface area contributed by atoms with Gasteiger partial charge in [-0.25, -0.2) is 0 Å². The van der Waals surface area contributed by atoms with Gasteiger partial charge in [0.2, 0.25) is 11.6 Å². The van der Waals surface area contributed by atoms with Crippen molar-refractivity contribution in [2.24, 2.45) is 5.92 Å². The molecule has 0 saturated carbocycles. The number of thioether (sulfide) groups is 1. The van der Waals surface area contributed by atoms with Crippen LogP contribution in [0.25, 0.3) is 0 Å². The molecule has 0 amide bonds. The van der Waals surface area contributed by atoms with E-state index in [2.05, 4.69) is 6.58 Å². The number of ether oxygens (including phenoxy) is 1. The van der Waals surface area contributed by atoms with E-state index in [0.717, 1.165) is 4.91 Å². The Morgan fingerprint density at radius 1 is 1.35 bits per heavy atom. The minimum absolute atomic E-state index is 0.187. The number of fused-ring (bicyclic) bond motifs is 1. The Morgan fingerprint density at radius 3 is 2.78 bits per heavy atom. The van der Waals surface area contributed by atoms with E-state index in [1.807, 2.05) is 38.2 Å². The minimum atomic E-state index is -0.581. The standard InChI is InChI=1S/C16H18O4S.C2H6/c1-11-13-6-4-2-3-5-7-14(13)16(19)15(18)9-20-12(8-17)10-21-11;1-2/h2-4,6-7,12-13,17H,1,5,8-10H2;1-2H3/b3-2-,6-4?,14-7+;. The van der Waals surface area contributed by atoms with Crippen LogP contribution in [0.3, 0.4) is 0 Å². The molecule has 23 heavy (non-hydrogen) atoms. The highest BCUT2D eigenvalue weighted by Crippen LogP contribution is 2.33. The number of ketones is 2. The van der Waals surface area contributed by atoms with Gasteiger partial charge in [-0.15, -0.1) is 11.8 Å². The third-order valence-corrected chi connectivity index (χ3v) is 4.49. The van der Waals surface area contributed by atoms with Crippen LogP contribution in [0.1, 0.15) is 20.3 Å². The van der Waals surface area contributed by atoms with Gasteiger partial charge in [0.05, 0.1) is 12.7 Å². The summed E-state index contributed by atoms with van der Waals surface area (Å²) in [5.74, 6) is -0.888. The van der Waals surface area contributed by atoms with Gasteiger partial charge in [-0.1, -0.05) is 50.8 Å². The van der Waals surface area contributed by atoms with Crippen molar-refractivity contribution in [1.29, 1.82) is 0 Å². The highest BCUT2D eigenvalue weighted by molar-refractivity contribution is 8.03. The number of aliphatic hydroxyl groups is 1. The van der Waals surface area contributed by atoms with Gasteiger partial charge < -0.3 is 9.84 Å². The lowest BCUT2D eigenvalue weighted by Gasteiger charge is -2.23. The van der Waals surface area contributed by atoms with Crippen molar-refractivity contribution >= 4 is 23.3 Å². The fourth-order valence-corrected chi connectivity index (χ4v) is 3.12. The molecule has 1 N–H and O–H groups in total. The first-order chi connectivity index (χ1) is 11.1. The van der Waals surface area contributed by atoms with Crippen molar-refractivity contribution in [3.05, 3.63) is 47.4 Å². The number of carbonyl (C=O) groups excluding carboxylic acids is 2. The zero-order chi connectivity index (χ0) is 17.2. The lowest BCUT2D eigenvalue weighted by Crippen LogP contribution is -2.31. The largest absolute Gasteiger partial charge is 0.394 e. The number of allylic oxidation sites excluding steroid dienone is 7. The average Bonchev–Trinajstić information content (AvgIpc) is 2.55. The molecule has 0 aromatic rings. The molecule has 1 fully saturated rings. The van der Waals surface area contributed by atoms with Crippen molar-refractivity contribution in [2.45, 2.75) is 26.4 Å². The SMILES string of the molecule is C=C1SCC(CO)OCC(=O)C(=O)/C2=C/C/C=C\C=CC12.CC. The maximum Gasteiger partial charge on any atom is 0.228 e. The van der Waals surface area contributed by atoms with Gasteiger partial charge >= 0.3 is 0 Å². The summed E-state index contributed by atoms with van der Waals surface area (Å²) in [6, 6.07) is 0. The van der Waals surface area contributed by atoms with E-state index in [-0.39, 0.29) is 19.1 Å². The number of Topliss-reactive ketones (excluding diaryl/α,β-unsaturated/α-hetero) is 2. The fourth-order valence-electron chi connectivity index (χ4n) is 2.14. The summed E-state index contributed by atoms with van der Waals surface area (Å²) in [4.78, 5) is 25.1. The summed E-state index contributed by atoms with van der Waals surface area (Å²) in [6.45, 7) is 7.54. The number of rotatable bonds is 1. The van der Waals surface area contributed by atoms with Crippen LogP contribution in [-0.2, 0) is 14.3 Å². The molecule has 1 heterocycles. The van der Waals surface area contributed by atoms with Gasteiger partial charge in [-0.05, 0) is 11.3 Å². The number of hydrogen-bond acceptors (Lipinski definition) is 5. The number of aliphatic hydroxyl groups excluding tert-OH is 1. The van der Waals surface area contributed by atoms with Gasteiger partial charge in [-0.3, -0.25) is 9.59 Å². The van der Waals surface area contributed by atoms with E-state index in [1.165, 1.54) is 11.8 Å². The number of hydrogen-bond donors (Lipinski definition) is 1. The van der Waals surface area contributed by atoms with Gasteiger partial charge in [-0.2, -0.15) is 0 Å². The van der Waals surface area contributed by atoms with E-state index in [1.54, 1.807) is 6.08 Å². The molecule has 0 spiro atoms. The molecular weight excluding hydrogens is 312 g/mol. The van der Waals surface area contributed by atoms with E-state index >= 15 is 0 Å². The Labute approximate surface area is 142 Å². The third-order valence-electron chi connectivity index (χ3n) is 3.33. The molecular formula is C18H24O4S. The van der Waals surface area contributed by atoms with Crippen molar-refractivity contribution in [3.8, 4) is 0 Å². The van der Waals surface area contributed by atoms with Crippen LogP contribution in [0.4, 0.5) is 0 Å². The Kier molecular flexibility index (Phi) is 8.84. The molecule has 126 valence electrons. The van der Waals surface area contributed by atoms with Crippen LogP contribution >= 0.6 is 11.8 Å². The second kappa shape index (κ2) is 10.4. The van der Waals surface area contributed by atoms with Crippen LogP contribution in [0.5, 0.6) is 0 Å². The first-order valence-corrected chi connectivity index (χ1v) is 8.77. The van der Waals surface area contributed by atoms with Crippen molar-refractivity contribution < 1.29 is 19.4 Å². The maximum atomic E-state index is 12.3. The fraction of sp³-hybridized carbons (Fsp3) is 0.444. The van der Waals surface area contributed by atoms with Gasteiger partial charge in [0.15, 0.2) is 0 Å². The molecule has 5 heteroatoms. The van der Waals surface area contributed by atoms with E-state index in [0.29, 0.717) is 17.7 Å². The average molecular weight is 336 g/mol.